The number of amides is 3. The SMILES string of the molecule is NC(=O)c1ccc(C2=NC(NC(=O)CCc3ccc(Cl)cc3Cl)C(=O)N(CCCN3CCOCC3)c3ccccc32)cc1. The number of aliphatic imine (C=N–C) groups is 1. The molecule has 1 saturated heterocycles. The molecular weight excluding hydrogens is 589 g/mol. The van der Waals surface area contributed by atoms with E-state index < -0.39 is 12.1 Å². The van der Waals surface area contributed by atoms with Crippen molar-refractivity contribution >= 4 is 52.3 Å². The van der Waals surface area contributed by atoms with Crippen molar-refractivity contribution in [2.75, 3.05) is 44.3 Å². The molecule has 11 heteroatoms. The molecule has 2 aliphatic rings. The third-order valence-electron chi connectivity index (χ3n) is 7.54. The third kappa shape index (κ3) is 7.61. The van der Waals surface area contributed by atoms with E-state index in [4.69, 9.17) is 38.7 Å². The van der Waals surface area contributed by atoms with E-state index in [9.17, 15) is 14.4 Å². The Bertz CT molecular complexity index is 1520. The van der Waals surface area contributed by atoms with Crippen LogP contribution in [0.4, 0.5) is 5.69 Å². The molecule has 0 bridgehead atoms. The quantitative estimate of drug-likeness (QED) is 0.354. The van der Waals surface area contributed by atoms with E-state index in [2.05, 4.69) is 10.2 Å². The average Bonchev–Trinajstić information content (AvgIpc) is 3.12. The number of carbonyl (C=O) groups is 3. The summed E-state index contributed by atoms with van der Waals surface area (Å²) in [7, 11) is 0. The maximum absolute atomic E-state index is 14.1. The summed E-state index contributed by atoms with van der Waals surface area (Å²) in [6.45, 7) is 4.38. The second-order valence-electron chi connectivity index (χ2n) is 10.4. The topological polar surface area (TPSA) is 117 Å². The summed E-state index contributed by atoms with van der Waals surface area (Å²) in [6.07, 6.45) is 0.0538. The lowest BCUT2D eigenvalue weighted by Crippen LogP contribution is -2.48. The number of hydrogen-bond acceptors (Lipinski definition) is 6. The molecule has 2 aliphatic heterocycles. The zero-order valence-electron chi connectivity index (χ0n) is 23.6. The van der Waals surface area contributed by atoms with Gasteiger partial charge >= 0.3 is 0 Å². The Morgan fingerprint density at radius 3 is 2.47 bits per heavy atom. The lowest BCUT2D eigenvalue weighted by Gasteiger charge is -2.29. The average molecular weight is 623 g/mol. The van der Waals surface area contributed by atoms with Gasteiger partial charge in [0.15, 0.2) is 0 Å². The number of para-hydroxylation sites is 1. The van der Waals surface area contributed by atoms with Crippen LogP contribution in [-0.2, 0) is 20.7 Å². The van der Waals surface area contributed by atoms with E-state index in [1.807, 2.05) is 24.3 Å². The largest absolute Gasteiger partial charge is 0.379 e. The molecule has 3 N–H and O–H groups in total. The summed E-state index contributed by atoms with van der Waals surface area (Å²) in [6, 6.07) is 19.4. The molecule has 3 amide bonds. The molecule has 43 heavy (non-hydrogen) atoms. The van der Waals surface area contributed by atoms with Crippen LogP contribution < -0.4 is 16.0 Å². The lowest BCUT2D eigenvalue weighted by molar-refractivity contribution is -0.127. The number of nitrogens with zero attached hydrogens (tertiary/aromatic N) is 3. The normalized spacial score (nSPS) is 17.2. The van der Waals surface area contributed by atoms with Crippen molar-refractivity contribution in [1.29, 1.82) is 0 Å². The Labute approximate surface area is 260 Å². The number of carbonyl (C=O) groups excluding carboxylic acids is 3. The predicted octanol–water partition coefficient (Wildman–Crippen LogP) is 4.07. The van der Waals surface area contributed by atoms with Gasteiger partial charge < -0.3 is 20.7 Å². The second-order valence-corrected chi connectivity index (χ2v) is 11.3. The second kappa shape index (κ2) is 14.1. The fourth-order valence-electron chi connectivity index (χ4n) is 5.25. The van der Waals surface area contributed by atoms with Crippen LogP contribution in [0.1, 0.15) is 39.9 Å². The number of hydrogen-bond donors (Lipinski definition) is 2. The van der Waals surface area contributed by atoms with Gasteiger partial charge in [0, 0.05) is 59.3 Å². The van der Waals surface area contributed by atoms with Gasteiger partial charge in [0.1, 0.15) is 0 Å². The minimum atomic E-state index is -1.16. The summed E-state index contributed by atoms with van der Waals surface area (Å²) in [4.78, 5) is 47.8. The molecule has 224 valence electrons. The highest BCUT2D eigenvalue weighted by atomic mass is 35.5. The van der Waals surface area contributed by atoms with Gasteiger partial charge in [0.2, 0.25) is 18.0 Å². The van der Waals surface area contributed by atoms with Crippen LogP contribution in [0.25, 0.3) is 0 Å². The predicted molar refractivity (Wildman–Crippen MR) is 168 cm³/mol. The number of rotatable bonds is 10. The number of benzene rings is 3. The number of aryl methyl sites for hydroxylation is 1. The van der Waals surface area contributed by atoms with Crippen molar-refractivity contribution < 1.29 is 19.1 Å². The van der Waals surface area contributed by atoms with Crippen LogP contribution in [0, 0.1) is 0 Å². The maximum Gasteiger partial charge on any atom is 0.272 e. The minimum Gasteiger partial charge on any atom is -0.379 e. The number of halogens is 2. The Morgan fingerprint density at radius 2 is 1.74 bits per heavy atom. The van der Waals surface area contributed by atoms with Gasteiger partial charge in [0.05, 0.1) is 24.6 Å². The monoisotopic (exact) mass is 621 g/mol. The first-order valence-electron chi connectivity index (χ1n) is 14.2. The highest BCUT2D eigenvalue weighted by molar-refractivity contribution is 6.35. The van der Waals surface area contributed by atoms with E-state index in [1.54, 1.807) is 47.4 Å². The first-order valence-corrected chi connectivity index (χ1v) is 15.0. The minimum absolute atomic E-state index is 0.104. The van der Waals surface area contributed by atoms with Gasteiger partial charge in [-0.3, -0.25) is 19.3 Å². The molecule has 1 atom stereocenters. The van der Waals surface area contributed by atoms with Crippen LogP contribution >= 0.6 is 23.2 Å². The first kappa shape index (κ1) is 30.7. The van der Waals surface area contributed by atoms with Crippen LogP contribution in [-0.4, -0.2) is 73.9 Å². The third-order valence-corrected chi connectivity index (χ3v) is 8.13. The summed E-state index contributed by atoms with van der Waals surface area (Å²) in [5.41, 5.74) is 9.26. The number of anilines is 1. The number of nitrogens with one attached hydrogen (secondary N) is 1. The molecule has 3 aromatic rings. The van der Waals surface area contributed by atoms with Gasteiger partial charge in [-0.25, -0.2) is 4.99 Å². The van der Waals surface area contributed by atoms with Gasteiger partial charge in [-0.1, -0.05) is 59.6 Å². The molecule has 3 aromatic carbocycles. The lowest BCUT2D eigenvalue weighted by atomic mass is 9.99. The summed E-state index contributed by atoms with van der Waals surface area (Å²) < 4.78 is 5.46. The van der Waals surface area contributed by atoms with E-state index in [0.717, 1.165) is 37.2 Å². The highest BCUT2D eigenvalue weighted by Crippen LogP contribution is 2.29. The van der Waals surface area contributed by atoms with Gasteiger partial charge in [-0.05, 0) is 48.7 Å². The summed E-state index contributed by atoms with van der Waals surface area (Å²) >= 11 is 12.3. The zero-order chi connectivity index (χ0) is 30.3. The van der Waals surface area contributed by atoms with Gasteiger partial charge in [-0.15, -0.1) is 0 Å². The first-order chi connectivity index (χ1) is 20.8. The summed E-state index contributed by atoms with van der Waals surface area (Å²) in [5, 5.41) is 3.85. The van der Waals surface area contributed by atoms with E-state index in [-0.39, 0.29) is 18.2 Å². The number of benzodiazepines with no additional fused rings is 1. The van der Waals surface area contributed by atoms with E-state index >= 15 is 0 Å². The molecule has 5 rings (SSSR count). The highest BCUT2D eigenvalue weighted by Gasteiger charge is 2.33. The Kier molecular flexibility index (Phi) is 10.1. The van der Waals surface area contributed by atoms with Crippen molar-refractivity contribution in [1.82, 2.24) is 10.2 Å². The maximum atomic E-state index is 14.1. The molecule has 1 unspecified atom stereocenters. The zero-order valence-corrected chi connectivity index (χ0v) is 25.1. The molecule has 1 fully saturated rings. The van der Waals surface area contributed by atoms with Crippen LogP contribution in [0.3, 0.4) is 0 Å². The molecule has 0 aromatic heterocycles. The van der Waals surface area contributed by atoms with Crippen molar-refractivity contribution in [2.45, 2.75) is 25.4 Å². The standard InChI is InChI=1S/C32H33Cl2N5O4/c33-24-12-10-21(26(34)20-24)11-13-28(40)36-31-32(42)39(15-3-14-38-16-18-43-19-17-38)27-5-2-1-4-25(27)29(37-31)22-6-8-23(9-7-22)30(35)41/h1-2,4-10,12,20,31H,3,11,13-19H2,(H2,35,41)(H,36,40). The molecule has 0 spiro atoms. The van der Waals surface area contributed by atoms with Crippen molar-refractivity contribution in [3.05, 3.63) is 99.0 Å². The van der Waals surface area contributed by atoms with E-state index in [1.165, 1.54) is 0 Å². The van der Waals surface area contributed by atoms with Crippen LogP contribution in [0.2, 0.25) is 10.0 Å². The number of primary amides is 1. The molecule has 2 heterocycles. The van der Waals surface area contributed by atoms with Crippen LogP contribution in [0.15, 0.2) is 71.7 Å². The molecular formula is C32H33Cl2N5O4. The fourth-order valence-corrected chi connectivity index (χ4v) is 5.75. The Morgan fingerprint density at radius 1 is 1.00 bits per heavy atom. The molecule has 0 radical (unpaired) electrons. The van der Waals surface area contributed by atoms with E-state index in [0.29, 0.717) is 58.8 Å². The number of nitrogens with two attached hydrogens (primary N) is 1. The molecule has 0 saturated carbocycles. The van der Waals surface area contributed by atoms with Gasteiger partial charge in [-0.2, -0.15) is 0 Å². The van der Waals surface area contributed by atoms with Gasteiger partial charge in [0.25, 0.3) is 5.91 Å². The molecule has 9 nitrogen and oxygen atoms in total. The molecule has 0 aliphatic carbocycles. The smallest absolute Gasteiger partial charge is 0.272 e. The summed E-state index contributed by atoms with van der Waals surface area (Å²) in [5.74, 6) is -1.20. The number of morpholine rings is 1. The fraction of sp³-hybridized carbons (Fsp3) is 0.312. The van der Waals surface area contributed by atoms with Crippen molar-refractivity contribution in [3.8, 4) is 0 Å². The number of fused-ring (bicyclic) bond motifs is 1. The number of ether oxygens (including phenoxy) is 1. The van der Waals surface area contributed by atoms with Crippen LogP contribution in [0.5, 0.6) is 0 Å². The Balaban J connectivity index is 1.43. The Hall–Kier alpha value is -3.76. The van der Waals surface area contributed by atoms with Crippen molar-refractivity contribution in [2.24, 2.45) is 10.7 Å². The van der Waals surface area contributed by atoms with Crippen molar-refractivity contribution in [3.63, 3.8) is 0 Å².